The summed E-state index contributed by atoms with van der Waals surface area (Å²) in [5, 5.41) is 1.37. The molecule has 0 saturated heterocycles. The van der Waals surface area contributed by atoms with Crippen LogP contribution in [0.5, 0.6) is 0 Å². The van der Waals surface area contributed by atoms with E-state index >= 15 is 0 Å². The lowest BCUT2D eigenvalue weighted by Gasteiger charge is -2.31. The van der Waals surface area contributed by atoms with Gasteiger partial charge in [-0.3, -0.25) is 0 Å². The van der Waals surface area contributed by atoms with Crippen molar-refractivity contribution in [2.75, 3.05) is 0 Å². The van der Waals surface area contributed by atoms with Gasteiger partial charge in [-0.15, -0.1) is 0 Å². The van der Waals surface area contributed by atoms with Crippen LogP contribution in [0.15, 0.2) is 30.3 Å². The minimum absolute atomic E-state index is 0.0973. The molecule has 4 heteroatoms. The molecule has 0 unspecified atom stereocenters. The van der Waals surface area contributed by atoms with Gasteiger partial charge in [0, 0.05) is 12.2 Å². The van der Waals surface area contributed by atoms with Crippen LogP contribution in [0.2, 0.25) is 13.1 Å². The Balaban J connectivity index is 2.95. The van der Waals surface area contributed by atoms with Gasteiger partial charge < -0.3 is 9.31 Å². The van der Waals surface area contributed by atoms with Crippen molar-refractivity contribution in [1.29, 1.82) is 0 Å². The predicted octanol–water partition coefficient (Wildman–Crippen LogP) is 3.02. The van der Waals surface area contributed by atoms with Crippen LogP contribution in [-0.2, 0) is 9.31 Å². The van der Waals surface area contributed by atoms with Gasteiger partial charge in [0.2, 0.25) is 0 Å². The van der Waals surface area contributed by atoms with E-state index in [0.717, 1.165) is 0 Å². The second-order valence-corrected chi connectivity index (χ2v) is 10.3. The maximum absolute atomic E-state index is 6.02. The summed E-state index contributed by atoms with van der Waals surface area (Å²) in [7, 11) is -1.78. The molecule has 0 atom stereocenters. The molecule has 0 amide bonds. The van der Waals surface area contributed by atoms with E-state index in [-0.39, 0.29) is 18.9 Å². The summed E-state index contributed by atoms with van der Waals surface area (Å²) < 4.78 is 12.0. The van der Waals surface area contributed by atoms with Gasteiger partial charge in [-0.2, -0.15) is 0 Å². The van der Waals surface area contributed by atoms with Gasteiger partial charge in [-0.25, -0.2) is 0 Å². The van der Waals surface area contributed by atoms with Crippen molar-refractivity contribution >= 4 is 19.8 Å². The Hall–Kier alpha value is -0.578. The fourth-order valence-electron chi connectivity index (χ4n) is 1.87. The molecule has 0 bridgehead atoms. The van der Waals surface area contributed by atoms with Crippen LogP contribution in [0.4, 0.5) is 0 Å². The summed E-state index contributed by atoms with van der Waals surface area (Å²) in [5.74, 6) is 0. The van der Waals surface area contributed by atoms with E-state index in [4.69, 9.17) is 9.31 Å². The Bertz CT molecular complexity index is 342. The molecule has 0 aliphatic carbocycles. The molecule has 1 aromatic rings. The molecule has 0 heterocycles. The molecule has 0 aliphatic heterocycles. The lowest BCUT2D eigenvalue weighted by atomic mass is 10.3. The second kappa shape index (κ2) is 6.55. The van der Waals surface area contributed by atoms with Crippen molar-refractivity contribution in [3.63, 3.8) is 0 Å². The minimum Gasteiger partial charge on any atom is -0.412 e. The summed E-state index contributed by atoms with van der Waals surface area (Å²) in [6.45, 7) is 12.8. The number of hydrogen-bond acceptors (Lipinski definition) is 2. The van der Waals surface area contributed by atoms with Gasteiger partial charge in [0.1, 0.15) is 7.94 Å². The molecular weight excluding hydrogens is 239 g/mol. The van der Waals surface area contributed by atoms with Crippen LogP contribution in [0.1, 0.15) is 27.7 Å². The van der Waals surface area contributed by atoms with E-state index in [1.165, 1.54) is 5.19 Å². The molecule has 0 aromatic heterocycles. The monoisotopic (exact) mass is 264 g/mol. The standard InChI is InChI=1S/C14H25BO2Si/c1-12(2)16-15(17-13(3)4)18(5,6)14-10-8-7-9-11-14/h7-13H,1-6H3. The second-order valence-electron chi connectivity index (χ2n) is 5.79. The molecule has 0 N–H and O–H groups in total. The van der Waals surface area contributed by atoms with Crippen LogP contribution in [0, 0.1) is 0 Å². The first-order valence-electron chi connectivity index (χ1n) is 6.70. The molecule has 0 spiro atoms. The van der Waals surface area contributed by atoms with Crippen molar-refractivity contribution in [3.05, 3.63) is 30.3 Å². The van der Waals surface area contributed by atoms with Crippen LogP contribution < -0.4 is 5.19 Å². The third-order valence-electron chi connectivity index (χ3n) is 2.90. The van der Waals surface area contributed by atoms with Gasteiger partial charge in [-0.1, -0.05) is 48.6 Å². The van der Waals surface area contributed by atoms with Crippen molar-refractivity contribution in [1.82, 2.24) is 0 Å². The minimum atomic E-state index is -1.78. The molecule has 0 radical (unpaired) electrons. The number of rotatable bonds is 6. The summed E-state index contributed by atoms with van der Waals surface area (Å²) in [6, 6.07) is 10.6. The molecule has 18 heavy (non-hydrogen) atoms. The van der Waals surface area contributed by atoms with Crippen LogP contribution >= 0.6 is 0 Å². The highest BCUT2D eigenvalue weighted by molar-refractivity contribution is 7.33. The molecule has 1 aromatic carbocycles. The maximum Gasteiger partial charge on any atom is 0.438 e. The zero-order valence-electron chi connectivity index (χ0n) is 12.4. The maximum atomic E-state index is 6.02. The first kappa shape index (κ1) is 15.5. The normalized spacial score (nSPS) is 12.2. The smallest absolute Gasteiger partial charge is 0.412 e. The average Bonchev–Trinajstić information content (AvgIpc) is 2.28. The quantitative estimate of drug-likeness (QED) is 0.735. The third kappa shape index (κ3) is 4.27. The van der Waals surface area contributed by atoms with Crippen molar-refractivity contribution in [2.24, 2.45) is 0 Å². The summed E-state index contributed by atoms with van der Waals surface area (Å²) in [4.78, 5) is 0. The zero-order chi connectivity index (χ0) is 13.8. The van der Waals surface area contributed by atoms with E-state index in [9.17, 15) is 0 Å². The largest absolute Gasteiger partial charge is 0.438 e. The lowest BCUT2D eigenvalue weighted by molar-refractivity contribution is 0.142. The number of benzene rings is 1. The Kier molecular flexibility index (Phi) is 5.63. The molecular formula is C14H25BO2Si. The molecule has 2 nitrogen and oxygen atoms in total. The molecule has 0 fully saturated rings. The third-order valence-corrected chi connectivity index (χ3v) is 6.17. The first-order valence-corrected chi connectivity index (χ1v) is 9.78. The highest BCUT2D eigenvalue weighted by atomic mass is 28.3. The molecule has 0 saturated carbocycles. The fraction of sp³-hybridized carbons (Fsp3) is 0.571. The van der Waals surface area contributed by atoms with E-state index in [2.05, 4.69) is 71.1 Å². The fourth-order valence-corrected chi connectivity index (χ4v) is 4.42. The zero-order valence-corrected chi connectivity index (χ0v) is 13.4. The Morgan fingerprint density at radius 1 is 0.889 bits per heavy atom. The Labute approximate surface area is 113 Å². The highest BCUT2D eigenvalue weighted by Gasteiger charge is 2.42. The van der Waals surface area contributed by atoms with Gasteiger partial charge in [0.05, 0.1) is 0 Å². The van der Waals surface area contributed by atoms with Crippen LogP contribution in [-0.4, -0.2) is 26.9 Å². The van der Waals surface area contributed by atoms with Crippen molar-refractivity contribution in [3.8, 4) is 0 Å². The van der Waals surface area contributed by atoms with E-state index < -0.39 is 7.94 Å². The van der Waals surface area contributed by atoms with E-state index in [1.807, 2.05) is 0 Å². The van der Waals surface area contributed by atoms with E-state index in [1.54, 1.807) is 0 Å². The topological polar surface area (TPSA) is 18.5 Å². The van der Waals surface area contributed by atoms with Gasteiger partial charge in [0.25, 0.3) is 0 Å². The summed E-state index contributed by atoms with van der Waals surface area (Å²) >= 11 is 0. The molecule has 0 aliphatic rings. The summed E-state index contributed by atoms with van der Waals surface area (Å²) in [6.07, 6.45) is 0.369. The SMILES string of the molecule is CC(C)OB(OC(C)C)[Si](C)(C)c1ccccc1. The van der Waals surface area contributed by atoms with Gasteiger partial charge in [0.15, 0.2) is 0 Å². The van der Waals surface area contributed by atoms with Gasteiger partial charge >= 0.3 is 6.71 Å². The average molecular weight is 264 g/mol. The molecule has 1 rings (SSSR count). The lowest BCUT2D eigenvalue weighted by Crippen LogP contribution is -2.60. The summed E-state index contributed by atoms with van der Waals surface area (Å²) in [5.41, 5.74) is 0. The van der Waals surface area contributed by atoms with Crippen molar-refractivity contribution in [2.45, 2.75) is 53.0 Å². The van der Waals surface area contributed by atoms with Crippen molar-refractivity contribution < 1.29 is 9.31 Å². The van der Waals surface area contributed by atoms with Crippen LogP contribution in [0.3, 0.4) is 0 Å². The van der Waals surface area contributed by atoms with Gasteiger partial charge in [-0.05, 0) is 27.7 Å². The van der Waals surface area contributed by atoms with E-state index in [0.29, 0.717) is 0 Å². The van der Waals surface area contributed by atoms with Crippen LogP contribution in [0.25, 0.3) is 0 Å². The highest BCUT2D eigenvalue weighted by Crippen LogP contribution is 2.14. The first-order chi connectivity index (χ1) is 8.34. The molecule has 100 valence electrons. The number of hydrogen-bond donors (Lipinski definition) is 0. The Morgan fingerprint density at radius 3 is 1.72 bits per heavy atom. The Morgan fingerprint density at radius 2 is 1.33 bits per heavy atom. The predicted molar refractivity (Wildman–Crippen MR) is 81.8 cm³/mol.